The Bertz CT molecular complexity index is 1230. The highest BCUT2D eigenvalue weighted by molar-refractivity contribution is 7.47. The lowest BCUT2D eigenvalue weighted by Gasteiger charge is -2.26. The molecule has 0 bridgehead atoms. The number of aliphatic hydroxyl groups is 1. The normalized spacial score (nSPS) is 13.6. The van der Waals surface area contributed by atoms with E-state index in [9.17, 15) is 19.4 Å². The van der Waals surface area contributed by atoms with Gasteiger partial charge in [0.05, 0.1) is 39.9 Å². The molecule has 468 valence electrons. The largest absolute Gasteiger partial charge is 0.472 e. The number of hydrogen-bond donors (Lipinski definition) is 3. The fourth-order valence-corrected chi connectivity index (χ4v) is 12.1. The number of nitrogens with zero attached hydrogens (tertiary/aromatic N) is 1. The zero-order valence-electron chi connectivity index (χ0n) is 53.7. The highest BCUT2D eigenvalue weighted by Gasteiger charge is 2.28. The lowest BCUT2D eigenvalue weighted by atomic mass is 10.0. The second-order valence-corrected chi connectivity index (χ2v) is 27.4. The quantitative estimate of drug-likeness (QED) is 0.0318. The molecule has 0 aliphatic heterocycles. The van der Waals surface area contributed by atoms with Crippen molar-refractivity contribution in [2.45, 2.75) is 398 Å². The first kappa shape index (κ1) is 77.5. The van der Waals surface area contributed by atoms with E-state index in [1.807, 2.05) is 21.1 Å². The molecular weight excluding hydrogens is 984 g/mol. The number of hydrogen-bond acceptors (Lipinski definition) is 5. The minimum absolute atomic E-state index is 0.0792. The summed E-state index contributed by atoms with van der Waals surface area (Å²) in [6, 6.07) is -0.756. The monoisotopic (exact) mass is 1130 g/mol. The molecule has 3 atom stereocenters. The van der Waals surface area contributed by atoms with E-state index in [0.29, 0.717) is 23.9 Å². The van der Waals surface area contributed by atoms with Crippen molar-refractivity contribution in [3.63, 3.8) is 0 Å². The minimum atomic E-state index is -4.32. The Morgan fingerprint density at radius 2 is 0.615 bits per heavy atom. The van der Waals surface area contributed by atoms with E-state index in [1.54, 1.807) is 0 Å². The number of phosphoric acid groups is 1. The van der Waals surface area contributed by atoms with Gasteiger partial charge in [-0.05, 0) is 12.8 Å². The molecule has 0 saturated heterocycles. The summed E-state index contributed by atoms with van der Waals surface area (Å²) in [7, 11) is 1.64. The van der Waals surface area contributed by atoms with Gasteiger partial charge in [0, 0.05) is 6.42 Å². The molecule has 0 fully saturated rings. The second kappa shape index (κ2) is 61.1. The lowest BCUT2D eigenvalue weighted by Crippen LogP contribution is -2.46. The van der Waals surface area contributed by atoms with E-state index in [4.69, 9.17) is 9.05 Å². The van der Waals surface area contributed by atoms with E-state index in [1.165, 1.54) is 321 Å². The summed E-state index contributed by atoms with van der Waals surface area (Å²) in [6.45, 7) is 4.95. The molecular formula is C69H142N2O6P+. The van der Waals surface area contributed by atoms with Crippen LogP contribution in [0.3, 0.4) is 0 Å². The molecule has 0 rings (SSSR count). The molecule has 0 aromatic carbocycles. The molecule has 3 unspecified atom stereocenters. The fourth-order valence-electron chi connectivity index (χ4n) is 11.3. The first-order chi connectivity index (χ1) is 38.0. The zero-order valence-corrected chi connectivity index (χ0v) is 54.6. The van der Waals surface area contributed by atoms with E-state index < -0.39 is 20.0 Å². The Kier molecular flexibility index (Phi) is 60.7. The van der Waals surface area contributed by atoms with Crippen LogP contribution in [0.15, 0.2) is 0 Å². The Labute approximate surface area is 489 Å². The molecule has 0 aliphatic rings. The van der Waals surface area contributed by atoms with Gasteiger partial charge in [-0.3, -0.25) is 13.8 Å². The van der Waals surface area contributed by atoms with Crippen molar-refractivity contribution in [2.24, 2.45) is 0 Å². The number of quaternary nitrogens is 1. The number of unbranched alkanes of at least 4 members (excludes halogenated alkanes) is 54. The zero-order chi connectivity index (χ0) is 57.0. The van der Waals surface area contributed by atoms with Crippen molar-refractivity contribution in [1.29, 1.82) is 0 Å². The molecule has 8 nitrogen and oxygen atoms in total. The van der Waals surface area contributed by atoms with Crippen LogP contribution in [0.25, 0.3) is 0 Å². The average molecular weight is 1130 g/mol. The van der Waals surface area contributed by atoms with Gasteiger partial charge in [-0.25, -0.2) is 4.57 Å². The highest BCUT2D eigenvalue weighted by Crippen LogP contribution is 2.43. The van der Waals surface area contributed by atoms with Gasteiger partial charge in [0.1, 0.15) is 13.2 Å². The molecule has 3 N–H and O–H groups in total. The van der Waals surface area contributed by atoms with Crippen molar-refractivity contribution >= 4 is 13.7 Å². The third kappa shape index (κ3) is 63.1. The number of carbonyl (C=O) groups excluding carboxylic acids is 1. The summed E-state index contributed by atoms with van der Waals surface area (Å²) in [6.07, 6.45) is 76.6. The summed E-state index contributed by atoms with van der Waals surface area (Å²) in [4.78, 5) is 23.4. The van der Waals surface area contributed by atoms with Crippen LogP contribution in [0.4, 0.5) is 0 Å². The number of rotatable bonds is 67. The maximum absolute atomic E-state index is 13.0. The van der Waals surface area contributed by atoms with Crippen LogP contribution in [0.1, 0.15) is 386 Å². The maximum Gasteiger partial charge on any atom is 0.472 e. The number of aliphatic hydroxyl groups excluding tert-OH is 1. The summed E-state index contributed by atoms with van der Waals surface area (Å²) in [5, 5.41) is 14.1. The minimum Gasteiger partial charge on any atom is -0.391 e. The Balaban J connectivity index is 3.81. The van der Waals surface area contributed by atoms with Crippen LogP contribution in [-0.4, -0.2) is 73.4 Å². The van der Waals surface area contributed by atoms with Gasteiger partial charge in [-0.1, -0.05) is 367 Å². The standard InChI is InChI=1S/C69H141N2O6P/c1-6-8-10-12-14-16-18-20-22-24-25-26-27-28-29-30-31-32-33-34-35-36-37-38-39-40-41-42-43-44-45-46-47-49-51-53-55-57-59-61-63-69(73)70-67(66-77-78(74,75)76-65-64-71(3,4)5)68(72)62-60-58-56-54-52-50-48-23-21-19-17-15-13-11-9-7-2/h67-68,72H,6-66H2,1-5H3,(H-,70,73,74,75)/p+1. The highest BCUT2D eigenvalue weighted by atomic mass is 31.2. The molecule has 78 heavy (non-hydrogen) atoms. The lowest BCUT2D eigenvalue weighted by molar-refractivity contribution is -0.870. The summed E-state index contributed by atoms with van der Waals surface area (Å²) in [5.74, 6) is -0.134. The van der Waals surface area contributed by atoms with Gasteiger partial charge in [-0.15, -0.1) is 0 Å². The van der Waals surface area contributed by atoms with Gasteiger partial charge < -0.3 is 19.8 Å². The average Bonchev–Trinajstić information content (AvgIpc) is 3.40. The second-order valence-electron chi connectivity index (χ2n) is 26.0. The van der Waals surface area contributed by atoms with Crippen LogP contribution in [0, 0.1) is 0 Å². The smallest absolute Gasteiger partial charge is 0.391 e. The Morgan fingerprint density at radius 3 is 0.859 bits per heavy atom. The first-order valence-electron chi connectivity index (χ1n) is 35.4. The Morgan fingerprint density at radius 1 is 0.385 bits per heavy atom. The number of phosphoric ester groups is 1. The number of likely N-dealkylation sites (N-methyl/N-ethyl adjacent to an activating group) is 1. The fraction of sp³-hybridized carbons (Fsp3) is 0.986. The van der Waals surface area contributed by atoms with Gasteiger partial charge in [0.2, 0.25) is 5.91 Å². The number of nitrogens with one attached hydrogen (secondary N) is 1. The van der Waals surface area contributed by atoms with Gasteiger partial charge in [0.25, 0.3) is 0 Å². The van der Waals surface area contributed by atoms with Crippen molar-refractivity contribution in [2.75, 3.05) is 40.9 Å². The van der Waals surface area contributed by atoms with E-state index in [-0.39, 0.29) is 19.1 Å². The third-order valence-corrected chi connectivity index (χ3v) is 17.8. The molecule has 0 aliphatic carbocycles. The van der Waals surface area contributed by atoms with Crippen molar-refractivity contribution in [3.05, 3.63) is 0 Å². The molecule has 0 heterocycles. The first-order valence-corrected chi connectivity index (χ1v) is 36.9. The molecule has 0 aromatic heterocycles. The molecule has 1 amide bonds. The maximum atomic E-state index is 13.0. The predicted octanol–water partition coefficient (Wildman–Crippen LogP) is 22.3. The molecule has 0 radical (unpaired) electrons. The summed E-state index contributed by atoms with van der Waals surface area (Å²) in [5.41, 5.74) is 0. The van der Waals surface area contributed by atoms with Crippen LogP contribution in [0.2, 0.25) is 0 Å². The molecule has 9 heteroatoms. The van der Waals surface area contributed by atoms with Crippen molar-refractivity contribution in [3.8, 4) is 0 Å². The third-order valence-electron chi connectivity index (χ3n) is 16.9. The van der Waals surface area contributed by atoms with E-state index in [0.717, 1.165) is 38.5 Å². The van der Waals surface area contributed by atoms with E-state index in [2.05, 4.69) is 19.2 Å². The van der Waals surface area contributed by atoms with Crippen LogP contribution >= 0.6 is 7.82 Å². The Hall–Kier alpha value is -0.500. The van der Waals surface area contributed by atoms with Crippen molar-refractivity contribution in [1.82, 2.24) is 5.32 Å². The predicted molar refractivity (Wildman–Crippen MR) is 342 cm³/mol. The van der Waals surface area contributed by atoms with Crippen LogP contribution < -0.4 is 5.32 Å². The molecule has 0 saturated carbocycles. The van der Waals surface area contributed by atoms with Gasteiger partial charge in [0.15, 0.2) is 0 Å². The number of carbonyl (C=O) groups is 1. The van der Waals surface area contributed by atoms with Crippen molar-refractivity contribution < 1.29 is 32.9 Å². The topological polar surface area (TPSA) is 105 Å². The van der Waals surface area contributed by atoms with Crippen LogP contribution in [-0.2, 0) is 18.4 Å². The van der Waals surface area contributed by atoms with Gasteiger partial charge >= 0.3 is 7.82 Å². The summed E-state index contributed by atoms with van der Waals surface area (Å²) < 4.78 is 23.8. The molecule has 0 spiro atoms. The molecule has 0 aromatic rings. The van der Waals surface area contributed by atoms with Gasteiger partial charge in [-0.2, -0.15) is 0 Å². The van der Waals surface area contributed by atoms with E-state index >= 15 is 0 Å². The number of amides is 1. The van der Waals surface area contributed by atoms with Crippen LogP contribution in [0.5, 0.6) is 0 Å². The summed E-state index contributed by atoms with van der Waals surface area (Å²) >= 11 is 0. The SMILES string of the molecule is CCCCCCCCCCCCCCCCCCCCCCCCCCCCCCCCCCCCCCCCCCC(=O)NC(COP(=O)(O)OCC[N+](C)(C)C)C(O)CCCCCCCCCCCCCCCCCC.